The lowest BCUT2D eigenvalue weighted by molar-refractivity contribution is -0.135. The van der Waals surface area contributed by atoms with Crippen LogP contribution in [0, 0.1) is 0 Å². The van der Waals surface area contributed by atoms with E-state index in [2.05, 4.69) is 20.7 Å². The highest BCUT2D eigenvalue weighted by Crippen LogP contribution is 1.85. The largest absolute Gasteiger partial charge is 0.466 e. The van der Waals surface area contributed by atoms with Gasteiger partial charge in [0, 0.05) is 6.08 Å². The number of carbonyl (C=O) groups is 2. The molecule has 0 rings (SSSR count). The molecule has 0 radical (unpaired) electrons. The van der Waals surface area contributed by atoms with Crippen LogP contribution in [0.15, 0.2) is 12.2 Å². The number of rotatable bonds is 3. The lowest BCUT2D eigenvalue weighted by Crippen LogP contribution is -1.98. The Balaban J connectivity index is 3.75. The van der Waals surface area contributed by atoms with Gasteiger partial charge >= 0.3 is 5.97 Å². The monoisotopic (exact) mass is 206 g/mol. The summed E-state index contributed by atoms with van der Waals surface area (Å²) in [6.45, 7) is 0. The van der Waals surface area contributed by atoms with Crippen LogP contribution in [0.3, 0.4) is 0 Å². The fourth-order valence-corrected chi connectivity index (χ4v) is 0.460. The number of ether oxygens (including phenoxy) is 1. The average Bonchev–Trinajstić information content (AvgIpc) is 1.99. The second kappa shape index (κ2) is 5.17. The van der Waals surface area contributed by atoms with E-state index < -0.39 is 5.97 Å². The highest BCUT2D eigenvalue weighted by Gasteiger charge is 1.94. The van der Waals surface area contributed by atoms with Crippen molar-refractivity contribution in [2.24, 2.45) is 0 Å². The van der Waals surface area contributed by atoms with Gasteiger partial charge in [0.05, 0.1) is 12.4 Å². The Morgan fingerprint density at radius 2 is 2.10 bits per heavy atom. The molecule has 0 amide bonds. The number of allylic oxidation sites excluding steroid dienone is 1. The minimum Gasteiger partial charge on any atom is -0.466 e. The quantitative estimate of drug-likeness (QED) is 0.388. The first-order valence-corrected chi connectivity index (χ1v) is 3.67. The Hall–Kier alpha value is -0.640. The second-order valence-electron chi connectivity index (χ2n) is 1.46. The van der Waals surface area contributed by atoms with Crippen molar-refractivity contribution in [3.8, 4) is 0 Å². The number of carbonyl (C=O) groups excluding carboxylic acids is 2. The smallest absolute Gasteiger partial charge is 0.330 e. The normalized spacial score (nSPS) is 9.80. The molecule has 0 aliphatic carbocycles. The number of alkyl halides is 1. The van der Waals surface area contributed by atoms with Gasteiger partial charge in [-0.1, -0.05) is 15.9 Å². The van der Waals surface area contributed by atoms with Crippen molar-refractivity contribution >= 4 is 27.7 Å². The molecule has 56 valence electrons. The molecular weight excluding hydrogens is 200 g/mol. The van der Waals surface area contributed by atoms with Gasteiger partial charge in [-0.15, -0.1) is 0 Å². The van der Waals surface area contributed by atoms with E-state index in [1.54, 1.807) is 0 Å². The van der Waals surface area contributed by atoms with Crippen molar-refractivity contribution in [2.45, 2.75) is 0 Å². The molecule has 0 aromatic carbocycles. The second-order valence-corrected chi connectivity index (χ2v) is 2.02. The van der Waals surface area contributed by atoms with Crippen molar-refractivity contribution in [1.82, 2.24) is 0 Å². The summed E-state index contributed by atoms with van der Waals surface area (Å²) < 4.78 is 4.25. The number of hydrogen-bond donors (Lipinski definition) is 0. The van der Waals surface area contributed by atoms with Gasteiger partial charge in [0.2, 0.25) is 0 Å². The maximum atomic E-state index is 10.5. The molecule has 0 aliphatic rings. The zero-order valence-electron chi connectivity index (χ0n) is 5.46. The van der Waals surface area contributed by atoms with Crippen molar-refractivity contribution in [3.05, 3.63) is 12.2 Å². The Morgan fingerprint density at radius 3 is 2.50 bits per heavy atom. The minimum absolute atomic E-state index is 0.162. The molecule has 0 aromatic rings. The summed E-state index contributed by atoms with van der Waals surface area (Å²) in [6, 6.07) is 0. The van der Waals surface area contributed by atoms with Crippen molar-refractivity contribution in [3.63, 3.8) is 0 Å². The lowest BCUT2D eigenvalue weighted by Gasteiger charge is -1.87. The van der Waals surface area contributed by atoms with Crippen LogP contribution in [-0.2, 0) is 14.3 Å². The van der Waals surface area contributed by atoms with Crippen LogP contribution in [0.2, 0.25) is 0 Å². The number of methoxy groups -OCH3 is 1. The van der Waals surface area contributed by atoms with Gasteiger partial charge in [-0.2, -0.15) is 0 Å². The Bertz CT molecular complexity index is 144. The van der Waals surface area contributed by atoms with Crippen molar-refractivity contribution < 1.29 is 14.3 Å². The Labute approximate surface area is 67.2 Å². The van der Waals surface area contributed by atoms with Gasteiger partial charge in [-0.3, -0.25) is 4.79 Å². The van der Waals surface area contributed by atoms with Gasteiger partial charge in [-0.25, -0.2) is 4.79 Å². The van der Waals surface area contributed by atoms with Crippen LogP contribution in [-0.4, -0.2) is 24.2 Å². The predicted molar refractivity (Wildman–Crippen MR) is 40.0 cm³/mol. The van der Waals surface area contributed by atoms with Gasteiger partial charge in [0.1, 0.15) is 0 Å². The maximum Gasteiger partial charge on any atom is 0.330 e. The molecule has 3 nitrogen and oxygen atoms in total. The third-order valence-corrected chi connectivity index (χ3v) is 1.29. The van der Waals surface area contributed by atoms with Gasteiger partial charge in [0.15, 0.2) is 5.78 Å². The van der Waals surface area contributed by atoms with Crippen molar-refractivity contribution in [1.29, 1.82) is 0 Å². The summed E-state index contributed by atoms with van der Waals surface area (Å²) in [7, 11) is 1.26. The zero-order chi connectivity index (χ0) is 7.98. The maximum absolute atomic E-state index is 10.5. The highest BCUT2D eigenvalue weighted by molar-refractivity contribution is 9.09. The Kier molecular flexibility index (Phi) is 4.84. The summed E-state index contributed by atoms with van der Waals surface area (Å²) in [5.74, 6) is -0.681. The van der Waals surface area contributed by atoms with E-state index in [1.165, 1.54) is 13.2 Å². The first kappa shape index (κ1) is 9.36. The van der Waals surface area contributed by atoms with Gasteiger partial charge in [-0.05, 0) is 6.08 Å². The van der Waals surface area contributed by atoms with E-state index in [9.17, 15) is 9.59 Å². The molecule has 0 fully saturated rings. The van der Waals surface area contributed by atoms with Crippen molar-refractivity contribution in [2.75, 3.05) is 12.4 Å². The fraction of sp³-hybridized carbons (Fsp3) is 0.333. The molecule has 0 unspecified atom stereocenters. The van der Waals surface area contributed by atoms with E-state index in [4.69, 9.17) is 0 Å². The van der Waals surface area contributed by atoms with Crippen LogP contribution in [0.5, 0.6) is 0 Å². The first-order chi connectivity index (χ1) is 4.70. The molecular formula is C6H7BrO3. The van der Waals surface area contributed by atoms with E-state index >= 15 is 0 Å². The third kappa shape index (κ3) is 4.26. The summed E-state index contributed by atoms with van der Waals surface area (Å²) in [5.41, 5.74) is 0. The number of halogens is 1. The first-order valence-electron chi connectivity index (χ1n) is 2.55. The third-order valence-electron chi connectivity index (χ3n) is 0.738. The summed E-state index contributed by atoms with van der Waals surface area (Å²) in [5, 5.41) is 0.223. The number of esters is 1. The highest BCUT2D eigenvalue weighted by atomic mass is 79.9. The average molecular weight is 207 g/mol. The van der Waals surface area contributed by atoms with Gasteiger partial charge in [0.25, 0.3) is 0 Å². The number of ketones is 1. The van der Waals surface area contributed by atoms with Crippen LogP contribution >= 0.6 is 15.9 Å². The predicted octanol–water partition coefficient (Wildman–Crippen LogP) is 0.680. The van der Waals surface area contributed by atoms with Crippen LogP contribution < -0.4 is 0 Å². The molecule has 0 N–H and O–H groups in total. The van der Waals surface area contributed by atoms with E-state index in [0.29, 0.717) is 0 Å². The molecule has 0 atom stereocenters. The van der Waals surface area contributed by atoms with Crippen LogP contribution in [0.25, 0.3) is 0 Å². The zero-order valence-corrected chi connectivity index (χ0v) is 7.05. The summed E-state index contributed by atoms with van der Waals surface area (Å²) in [4.78, 5) is 20.8. The molecule has 0 saturated heterocycles. The van der Waals surface area contributed by atoms with Gasteiger partial charge < -0.3 is 4.74 Å². The summed E-state index contributed by atoms with van der Waals surface area (Å²) >= 11 is 2.93. The van der Waals surface area contributed by atoms with Crippen LogP contribution in [0.1, 0.15) is 0 Å². The minimum atomic E-state index is -0.519. The molecule has 4 heteroatoms. The van der Waals surface area contributed by atoms with E-state index in [1.807, 2.05) is 0 Å². The Morgan fingerprint density at radius 1 is 1.50 bits per heavy atom. The van der Waals surface area contributed by atoms with Crippen LogP contribution in [0.4, 0.5) is 0 Å². The molecule has 0 saturated carbocycles. The van der Waals surface area contributed by atoms with E-state index in [-0.39, 0.29) is 11.1 Å². The van der Waals surface area contributed by atoms with E-state index in [0.717, 1.165) is 6.08 Å². The lowest BCUT2D eigenvalue weighted by atomic mass is 10.4. The SMILES string of the molecule is COC(=O)/C=C/C(=O)CBr. The molecule has 0 bridgehead atoms. The molecule has 0 aliphatic heterocycles. The topological polar surface area (TPSA) is 43.4 Å². The summed E-state index contributed by atoms with van der Waals surface area (Å²) in [6.07, 6.45) is 2.25. The fourth-order valence-electron chi connectivity index (χ4n) is 0.274. The molecule has 0 spiro atoms. The molecule has 0 heterocycles. The standard InChI is InChI=1S/C6H7BrO3/c1-10-6(9)3-2-5(8)4-7/h2-3H,4H2,1H3/b3-2+. The molecule has 0 aromatic heterocycles. The number of hydrogen-bond acceptors (Lipinski definition) is 3. The molecule has 10 heavy (non-hydrogen) atoms.